The SMILES string of the molecule is O=C([O-])N1CCN(c2cncc(Cl)n2)CC1. The molecule has 0 N–H and O–H groups in total. The molecule has 0 aliphatic carbocycles. The summed E-state index contributed by atoms with van der Waals surface area (Å²) in [5, 5.41) is 10.9. The highest BCUT2D eigenvalue weighted by molar-refractivity contribution is 6.29. The lowest BCUT2D eigenvalue weighted by molar-refractivity contribution is -0.265. The third-order valence-electron chi connectivity index (χ3n) is 2.45. The van der Waals surface area contributed by atoms with E-state index in [9.17, 15) is 9.90 Å². The quantitative estimate of drug-likeness (QED) is 0.669. The van der Waals surface area contributed by atoms with Gasteiger partial charge in [0.15, 0.2) is 0 Å². The third-order valence-corrected chi connectivity index (χ3v) is 2.64. The summed E-state index contributed by atoms with van der Waals surface area (Å²) >= 11 is 5.73. The van der Waals surface area contributed by atoms with E-state index in [2.05, 4.69) is 9.97 Å². The summed E-state index contributed by atoms with van der Waals surface area (Å²) in [6.45, 7) is 1.97. The average Bonchev–Trinajstić information content (AvgIpc) is 2.29. The molecule has 0 unspecified atom stereocenters. The van der Waals surface area contributed by atoms with Crippen molar-refractivity contribution in [3.05, 3.63) is 17.5 Å². The topological polar surface area (TPSA) is 72.4 Å². The van der Waals surface area contributed by atoms with Crippen LogP contribution in [0.3, 0.4) is 0 Å². The van der Waals surface area contributed by atoms with Crippen LogP contribution < -0.4 is 10.0 Å². The molecular formula is C9H10ClN4O2-. The Hall–Kier alpha value is -1.56. The number of hydrogen-bond donors (Lipinski definition) is 0. The second-order valence-electron chi connectivity index (χ2n) is 3.44. The number of hydrogen-bond acceptors (Lipinski definition) is 5. The minimum Gasteiger partial charge on any atom is -0.530 e. The minimum absolute atomic E-state index is 0.333. The van der Waals surface area contributed by atoms with Gasteiger partial charge in [-0.1, -0.05) is 11.6 Å². The fourth-order valence-corrected chi connectivity index (χ4v) is 1.75. The zero-order valence-electron chi connectivity index (χ0n) is 8.47. The highest BCUT2D eigenvalue weighted by atomic mass is 35.5. The van der Waals surface area contributed by atoms with Crippen LogP contribution in [-0.4, -0.2) is 47.1 Å². The summed E-state index contributed by atoms with van der Waals surface area (Å²) in [4.78, 5) is 21.9. The fourth-order valence-electron chi connectivity index (χ4n) is 1.60. The van der Waals surface area contributed by atoms with Gasteiger partial charge in [0.05, 0.1) is 12.4 Å². The largest absolute Gasteiger partial charge is 0.530 e. The molecule has 1 aromatic heterocycles. The molecule has 7 heteroatoms. The molecule has 2 rings (SSSR count). The number of anilines is 1. The van der Waals surface area contributed by atoms with Gasteiger partial charge in [0.25, 0.3) is 0 Å². The van der Waals surface area contributed by atoms with Gasteiger partial charge in [-0.2, -0.15) is 0 Å². The van der Waals surface area contributed by atoms with E-state index >= 15 is 0 Å². The van der Waals surface area contributed by atoms with Gasteiger partial charge < -0.3 is 19.7 Å². The van der Waals surface area contributed by atoms with Crippen LogP contribution >= 0.6 is 11.6 Å². The van der Waals surface area contributed by atoms with Crippen molar-refractivity contribution in [3.8, 4) is 0 Å². The van der Waals surface area contributed by atoms with Crippen LogP contribution in [0, 0.1) is 0 Å². The second-order valence-corrected chi connectivity index (χ2v) is 3.83. The Morgan fingerprint density at radius 2 is 2.00 bits per heavy atom. The van der Waals surface area contributed by atoms with E-state index < -0.39 is 6.09 Å². The van der Waals surface area contributed by atoms with Gasteiger partial charge >= 0.3 is 0 Å². The van der Waals surface area contributed by atoms with Gasteiger partial charge in [0, 0.05) is 26.2 Å². The van der Waals surface area contributed by atoms with E-state index in [1.165, 1.54) is 11.1 Å². The van der Waals surface area contributed by atoms with Gasteiger partial charge in [-0.05, 0) is 0 Å². The summed E-state index contributed by atoms with van der Waals surface area (Å²) in [5.41, 5.74) is 0. The predicted molar refractivity (Wildman–Crippen MR) is 56.2 cm³/mol. The van der Waals surface area contributed by atoms with E-state index in [-0.39, 0.29) is 0 Å². The molecule has 0 spiro atoms. The number of nitrogens with zero attached hydrogens (tertiary/aromatic N) is 4. The van der Waals surface area contributed by atoms with Crippen molar-refractivity contribution >= 4 is 23.5 Å². The first-order valence-electron chi connectivity index (χ1n) is 4.85. The lowest BCUT2D eigenvalue weighted by Gasteiger charge is -2.36. The second kappa shape index (κ2) is 4.52. The van der Waals surface area contributed by atoms with Gasteiger partial charge in [-0.15, -0.1) is 0 Å². The first-order valence-corrected chi connectivity index (χ1v) is 5.23. The van der Waals surface area contributed by atoms with Gasteiger partial charge in [0.2, 0.25) is 0 Å². The summed E-state index contributed by atoms with van der Waals surface area (Å²) in [5.74, 6) is 0.672. The first-order chi connectivity index (χ1) is 7.66. The standard InChI is InChI=1S/C9H11ClN4O2/c10-7-5-11-6-8(12-7)13-1-3-14(4-2-13)9(15)16/h5-6H,1-4H2,(H,15,16)/p-1. The maximum atomic E-state index is 10.6. The number of amides is 1. The molecule has 0 bridgehead atoms. The molecule has 0 saturated carbocycles. The molecule has 86 valence electrons. The fraction of sp³-hybridized carbons (Fsp3) is 0.444. The number of carbonyl (C=O) groups is 1. The van der Waals surface area contributed by atoms with Crippen LogP contribution in [0.5, 0.6) is 0 Å². The lowest BCUT2D eigenvalue weighted by Crippen LogP contribution is -2.52. The van der Waals surface area contributed by atoms with Crippen molar-refractivity contribution in [2.45, 2.75) is 0 Å². The number of piperazine rings is 1. The van der Waals surface area contributed by atoms with Crippen LogP contribution in [-0.2, 0) is 0 Å². The molecule has 1 aliphatic heterocycles. The molecule has 1 aliphatic rings. The molecule has 2 heterocycles. The van der Waals surface area contributed by atoms with Crippen LogP contribution in [0.25, 0.3) is 0 Å². The van der Waals surface area contributed by atoms with Crippen LogP contribution in [0.1, 0.15) is 0 Å². The first kappa shape index (κ1) is 10.9. The monoisotopic (exact) mass is 241 g/mol. The molecule has 6 nitrogen and oxygen atoms in total. The number of rotatable bonds is 1. The van der Waals surface area contributed by atoms with Gasteiger partial charge in [0.1, 0.15) is 17.1 Å². The van der Waals surface area contributed by atoms with Crippen molar-refractivity contribution in [3.63, 3.8) is 0 Å². The number of halogens is 1. The lowest BCUT2D eigenvalue weighted by atomic mass is 10.3. The van der Waals surface area contributed by atoms with Crippen molar-refractivity contribution in [1.29, 1.82) is 0 Å². The normalized spacial score (nSPS) is 16.3. The maximum Gasteiger partial charge on any atom is 0.149 e. The molecule has 1 aromatic rings. The van der Waals surface area contributed by atoms with Crippen LogP contribution in [0.4, 0.5) is 10.6 Å². The Morgan fingerprint density at radius 3 is 2.56 bits per heavy atom. The summed E-state index contributed by atoms with van der Waals surface area (Å²) in [7, 11) is 0. The molecular weight excluding hydrogens is 232 g/mol. The predicted octanol–water partition coefficient (Wildman–Crippen LogP) is -0.405. The van der Waals surface area contributed by atoms with E-state index in [0.29, 0.717) is 37.1 Å². The zero-order chi connectivity index (χ0) is 11.5. The molecule has 0 radical (unpaired) electrons. The number of aromatic nitrogens is 2. The highest BCUT2D eigenvalue weighted by Gasteiger charge is 2.17. The maximum absolute atomic E-state index is 10.6. The van der Waals surface area contributed by atoms with Gasteiger partial charge in [-0.25, -0.2) is 4.98 Å². The number of carbonyl (C=O) groups excluding carboxylic acids is 1. The average molecular weight is 242 g/mol. The van der Waals surface area contributed by atoms with Crippen molar-refractivity contribution < 1.29 is 9.90 Å². The summed E-state index contributed by atoms with van der Waals surface area (Å²) in [6.07, 6.45) is 1.94. The summed E-state index contributed by atoms with van der Waals surface area (Å²) in [6, 6.07) is 0. The van der Waals surface area contributed by atoms with Crippen molar-refractivity contribution in [2.24, 2.45) is 0 Å². The van der Waals surface area contributed by atoms with E-state index in [1.807, 2.05) is 4.90 Å². The Labute approximate surface area is 97.5 Å². The molecule has 0 aromatic carbocycles. The molecule has 1 amide bonds. The highest BCUT2D eigenvalue weighted by Crippen LogP contribution is 2.14. The molecule has 0 atom stereocenters. The van der Waals surface area contributed by atoms with E-state index in [4.69, 9.17) is 11.6 Å². The molecule has 16 heavy (non-hydrogen) atoms. The van der Waals surface area contributed by atoms with Crippen molar-refractivity contribution in [1.82, 2.24) is 14.9 Å². The smallest absolute Gasteiger partial charge is 0.149 e. The Kier molecular flexibility index (Phi) is 3.09. The Bertz CT molecular complexity index is 393. The van der Waals surface area contributed by atoms with Gasteiger partial charge in [-0.3, -0.25) is 4.98 Å². The minimum atomic E-state index is -1.13. The molecule has 1 fully saturated rings. The van der Waals surface area contributed by atoms with Crippen molar-refractivity contribution in [2.75, 3.05) is 31.1 Å². The van der Waals surface area contributed by atoms with Crippen LogP contribution in [0.2, 0.25) is 5.15 Å². The molecule has 1 saturated heterocycles. The summed E-state index contributed by atoms with van der Waals surface area (Å²) < 4.78 is 0. The third kappa shape index (κ3) is 2.33. The Balaban J connectivity index is 2.01. The Morgan fingerprint density at radius 1 is 1.31 bits per heavy atom. The zero-order valence-corrected chi connectivity index (χ0v) is 9.22. The van der Waals surface area contributed by atoms with E-state index in [0.717, 1.165) is 0 Å². The van der Waals surface area contributed by atoms with Crippen LogP contribution in [0.15, 0.2) is 12.4 Å². The van der Waals surface area contributed by atoms with E-state index in [1.54, 1.807) is 6.20 Å². The number of carboxylic acid groups (broad SMARTS) is 1.